The summed E-state index contributed by atoms with van der Waals surface area (Å²) in [7, 11) is 0. The van der Waals surface area contributed by atoms with Gasteiger partial charge in [0, 0.05) is 12.6 Å². The molecule has 23 heavy (non-hydrogen) atoms. The maximum Gasteiger partial charge on any atom is 0.257 e. The molecule has 2 nitrogen and oxygen atoms in total. The van der Waals surface area contributed by atoms with E-state index < -0.39 is 17.5 Å². The molecule has 0 spiro atoms. The number of likely N-dealkylation sites (tertiary alicyclic amines) is 1. The van der Waals surface area contributed by atoms with Crippen molar-refractivity contribution in [3.63, 3.8) is 0 Å². The van der Waals surface area contributed by atoms with Gasteiger partial charge >= 0.3 is 0 Å². The van der Waals surface area contributed by atoms with Crippen molar-refractivity contribution in [2.75, 3.05) is 6.54 Å². The monoisotopic (exact) mass is 319 g/mol. The number of piperidine rings is 1. The SMILES string of the molecule is O=C(c1ccc(F)cc1F)N1CCCCC1c1cccc(F)c1. The van der Waals surface area contributed by atoms with Crippen molar-refractivity contribution in [3.05, 3.63) is 71.0 Å². The van der Waals surface area contributed by atoms with Crippen LogP contribution in [-0.4, -0.2) is 17.4 Å². The molecule has 2 aromatic carbocycles. The van der Waals surface area contributed by atoms with Crippen molar-refractivity contribution in [2.24, 2.45) is 0 Å². The lowest BCUT2D eigenvalue weighted by atomic mass is 9.94. The molecule has 1 saturated heterocycles. The molecule has 0 saturated carbocycles. The molecule has 0 radical (unpaired) electrons. The highest BCUT2D eigenvalue weighted by Gasteiger charge is 2.30. The van der Waals surface area contributed by atoms with Crippen LogP contribution in [0.25, 0.3) is 0 Å². The molecule has 1 heterocycles. The van der Waals surface area contributed by atoms with Gasteiger partial charge in [-0.3, -0.25) is 4.79 Å². The molecule has 0 N–H and O–H groups in total. The average Bonchev–Trinajstić information content (AvgIpc) is 2.54. The Morgan fingerprint density at radius 1 is 1.00 bits per heavy atom. The third-order valence-corrected chi connectivity index (χ3v) is 4.16. The quantitative estimate of drug-likeness (QED) is 0.799. The molecule has 1 unspecified atom stereocenters. The molecule has 3 rings (SSSR count). The Labute approximate surface area is 132 Å². The number of rotatable bonds is 2. The highest BCUT2D eigenvalue weighted by atomic mass is 19.1. The second-order valence-corrected chi connectivity index (χ2v) is 5.69. The summed E-state index contributed by atoms with van der Waals surface area (Å²) in [6.07, 6.45) is 2.41. The largest absolute Gasteiger partial charge is 0.332 e. The highest BCUT2D eigenvalue weighted by Crippen LogP contribution is 2.32. The van der Waals surface area contributed by atoms with E-state index in [0.717, 1.165) is 25.0 Å². The van der Waals surface area contributed by atoms with E-state index in [4.69, 9.17) is 0 Å². The van der Waals surface area contributed by atoms with Gasteiger partial charge in [-0.1, -0.05) is 12.1 Å². The molecular weight excluding hydrogens is 303 g/mol. The molecule has 1 aliphatic rings. The zero-order chi connectivity index (χ0) is 16.4. The van der Waals surface area contributed by atoms with Crippen LogP contribution in [0.2, 0.25) is 0 Å². The minimum absolute atomic E-state index is 0.158. The molecule has 0 aliphatic carbocycles. The van der Waals surface area contributed by atoms with Crippen LogP contribution in [0.1, 0.15) is 41.2 Å². The first kappa shape index (κ1) is 15.6. The van der Waals surface area contributed by atoms with Gasteiger partial charge < -0.3 is 4.90 Å². The van der Waals surface area contributed by atoms with Crippen molar-refractivity contribution >= 4 is 5.91 Å². The second kappa shape index (κ2) is 6.44. The summed E-state index contributed by atoms with van der Waals surface area (Å²) in [6, 6.07) is 8.74. The van der Waals surface area contributed by atoms with Crippen LogP contribution in [0.3, 0.4) is 0 Å². The fourth-order valence-electron chi connectivity index (χ4n) is 3.05. The van der Waals surface area contributed by atoms with Gasteiger partial charge in [-0.2, -0.15) is 0 Å². The Bertz CT molecular complexity index is 732. The standard InChI is InChI=1S/C18H16F3NO/c19-13-5-3-4-12(10-13)17-6-1-2-9-22(17)18(23)15-8-7-14(20)11-16(15)21/h3-5,7-8,10-11,17H,1-2,6,9H2. The molecule has 1 amide bonds. The van der Waals surface area contributed by atoms with Gasteiger partial charge in [0.25, 0.3) is 5.91 Å². The van der Waals surface area contributed by atoms with Crippen LogP contribution in [0.4, 0.5) is 13.2 Å². The first-order valence-corrected chi connectivity index (χ1v) is 7.58. The average molecular weight is 319 g/mol. The summed E-state index contributed by atoms with van der Waals surface area (Å²) in [5, 5.41) is 0. The Morgan fingerprint density at radius 3 is 2.52 bits per heavy atom. The Morgan fingerprint density at radius 2 is 1.78 bits per heavy atom. The molecule has 2 aromatic rings. The number of carbonyl (C=O) groups is 1. The van der Waals surface area contributed by atoms with Gasteiger partial charge in [-0.25, -0.2) is 13.2 Å². The second-order valence-electron chi connectivity index (χ2n) is 5.69. The zero-order valence-corrected chi connectivity index (χ0v) is 12.4. The third kappa shape index (κ3) is 3.23. The minimum atomic E-state index is -0.876. The Kier molecular flexibility index (Phi) is 4.37. The third-order valence-electron chi connectivity index (χ3n) is 4.16. The van der Waals surface area contributed by atoms with Crippen LogP contribution in [0.5, 0.6) is 0 Å². The number of carbonyl (C=O) groups excluding carboxylic acids is 1. The Hall–Kier alpha value is -2.30. The predicted molar refractivity (Wildman–Crippen MR) is 80.4 cm³/mol. The van der Waals surface area contributed by atoms with Crippen molar-refractivity contribution in [1.82, 2.24) is 4.90 Å². The normalized spacial score (nSPS) is 18.0. The van der Waals surface area contributed by atoms with Crippen LogP contribution < -0.4 is 0 Å². The lowest BCUT2D eigenvalue weighted by Crippen LogP contribution is -2.39. The van der Waals surface area contributed by atoms with Crippen LogP contribution in [-0.2, 0) is 0 Å². The lowest BCUT2D eigenvalue weighted by molar-refractivity contribution is 0.0606. The van der Waals surface area contributed by atoms with Gasteiger partial charge in [0.05, 0.1) is 11.6 Å². The van der Waals surface area contributed by atoms with E-state index >= 15 is 0 Å². The van der Waals surface area contributed by atoms with Crippen molar-refractivity contribution in [2.45, 2.75) is 25.3 Å². The Balaban J connectivity index is 1.93. The maximum atomic E-state index is 13.9. The first-order chi connectivity index (χ1) is 11.1. The van der Waals surface area contributed by atoms with Crippen LogP contribution in [0, 0.1) is 17.5 Å². The lowest BCUT2D eigenvalue weighted by Gasteiger charge is -2.36. The van der Waals surface area contributed by atoms with Gasteiger partial charge in [-0.05, 0) is 49.1 Å². The predicted octanol–water partition coefficient (Wildman–Crippen LogP) is 4.47. The molecule has 5 heteroatoms. The van der Waals surface area contributed by atoms with Gasteiger partial charge in [-0.15, -0.1) is 0 Å². The van der Waals surface area contributed by atoms with Crippen molar-refractivity contribution in [1.29, 1.82) is 0 Å². The summed E-state index contributed by atoms with van der Waals surface area (Å²) < 4.78 is 40.4. The molecule has 1 atom stereocenters. The molecule has 0 aromatic heterocycles. The number of nitrogens with zero attached hydrogens (tertiary/aromatic N) is 1. The van der Waals surface area contributed by atoms with E-state index in [1.54, 1.807) is 17.0 Å². The molecule has 0 bridgehead atoms. The number of amides is 1. The van der Waals surface area contributed by atoms with Gasteiger partial charge in [0.1, 0.15) is 17.5 Å². The highest BCUT2D eigenvalue weighted by molar-refractivity contribution is 5.94. The van der Waals surface area contributed by atoms with E-state index in [0.29, 0.717) is 24.6 Å². The van der Waals surface area contributed by atoms with Gasteiger partial charge in [0.15, 0.2) is 0 Å². The van der Waals surface area contributed by atoms with Crippen molar-refractivity contribution < 1.29 is 18.0 Å². The maximum absolute atomic E-state index is 13.9. The molecule has 1 aliphatic heterocycles. The van der Waals surface area contributed by atoms with Crippen LogP contribution in [0.15, 0.2) is 42.5 Å². The summed E-state index contributed by atoms with van der Waals surface area (Å²) in [6.45, 7) is 0.469. The first-order valence-electron chi connectivity index (χ1n) is 7.58. The zero-order valence-electron chi connectivity index (χ0n) is 12.4. The molecule has 1 fully saturated rings. The molecular formula is C18H16F3NO. The summed E-state index contributed by atoms with van der Waals surface area (Å²) in [5.41, 5.74) is 0.537. The van der Waals surface area contributed by atoms with E-state index in [-0.39, 0.29) is 17.4 Å². The van der Waals surface area contributed by atoms with E-state index in [1.165, 1.54) is 12.1 Å². The number of hydrogen-bond donors (Lipinski definition) is 0. The molecule has 120 valence electrons. The number of hydrogen-bond acceptors (Lipinski definition) is 1. The topological polar surface area (TPSA) is 20.3 Å². The van der Waals surface area contributed by atoms with E-state index in [2.05, 4.69) is 0 Å². The van der Waals surface area contributed by atoms with Gasteiger partial charge in [0.2, 0.25) is 0 Å². The summed E-state index contributed by atoms with van der Waals surface area (Å²) in [5.74, 6) is -2.46. The smallest absolute Gasteiger partial charge is 0.257 e. The fraction of sp³-hybridized carbons (Fsp3) is 0.278. The number of halogens is 3. The minimum Gasteiger partial charge on any atom is -0.332 e. The van der Waals surface area contributed by atoms with Crippen LogP contribution >= 0.6 is 0 Å². The van der Waals surface area contributed by atoms with E-state index in [1.807, 2.05) is 0 Å². The van der Waals surface area contributed by atoms with Crippen molar-refractivity contribution in [3.8, 4) is 0 Å². The number of benzene rings is 2. The fourth-order valence-corrected chi connectivity index (χ4v) is 3.05. The summed E-state index contributed by atoms with van der Waals surface area (Å²) in [4.78, 5) is 14.2. The summed E-state index contributed by atoms with van der Waals surface area (Å²) >= 11 is 0. The van der Waals surface area contributed by atoms with E-state index in [9.17, 15) is 18.0 Å².